The van der Waals surface area contributed by atoms with Crippen LogP contribution in [-0.2, 0) is 17.6 Å². The maximum absolute atomic E-state index is 13.8. The molecule has 1 aromatic heterocycles. The lowest BCUT2D eigenvalue weighted by atomic mass is 9.83. The van der Waals surface area contributed by atoms with Gasteiger partial charge in [0, 0.05) is 31.1 Å². The molecule has 7 nitrogen and oxygen atoms in total. The van der Waals surface area contributed by atoms with Gasteiger partial charge in [-0.15, -0.1) is 17.5 Å². The van der Waals surface area contributed by atoms with Gasteiger partial charge in [0.15, 0.2) is 5.82 Å². The van der Waals surface area contributed by atoms with Crippen LogP contribution in [0.1, 0.15) is 55.7 Å². The van der Waals surface area contributed by atoms with Crippen molar-refractivity contribution in [3.05, 3.63) is 70.1 Å². The van der Waals surface area contributed by atoms with Gasteiger partial charge in [-0.1, -0.05) is 36.4 Å². The van der Waals surface area contributed by atoms with Gasteiger partial charge in [0.1, 0.15) is 0 Å². The zero-order chi connectivity index (χ0) is 24.4. The number of carboxylic acids is 1. The van der Waals surface area contributed by atoms with Crippen LogP contribution in [0.2, 0.25) is 0 Å². The molecule has 192 valence electrons. The highest BCUT2D eigenvalue weighted by molar-refractivity contribution is 5.85. The van der Waals surface area contributed by atoms with Gasteiger partial charge in [0.2, 0.25) is 0 Å². The number of halogens is 1. The number of carboxylic acid groups (broad SMARTS) is 1. The molecule has 1 saturated carbocycles. The number of hydrogen-bond acceptors (Lipinski definition) is 4. The molecule has 0 saturated heterocycles. The van der Waals surface area contributed by atoms with Crippen LogP contribution in [0, 0.1) is 5.92 Å². The first-order chi connectivity index (χ1) is 17.0. The molecule has 2 aliphatic rings. The normalized spacial score (nSPS) is 20.2. The molecule has 0 amide bonds. The lowest BCUT2D eigenvalue weighted by molar-refractivity contribution is -0.137. The van der Waals surface area contributed by atoms with Gasteiger partial charge in [-0.25, -0.2) is 4.79 Å². The van der Waals surface area contributed by atoms with E-state index < -0.39 is 5.97 Å². The van der Waals surface area contributed by atoms with Crippen LogP contribution in [-0.4, -0.2) is 50.5 Å². The fourth-order valence-electron chi connectivity index (χ4n) is 5.63. The van der Waals surface area contributed by atoms with Crippen LogP contribution in [0.3, 0.4) is 0 Å². The summed E-state index contributed by atoms with van der Waals surface area (Å²) >= 11 is 0. The molecular weight excluding hydrogens is 476 g/mol. The molecule has 36 heavy (non-hydrogen) atoms. The van der Waals surface area contributed by atoms with E-state index in [1.807, 2.05) is 41.0 Å². The van der Waals surface area contributed by atoms with Crippen molar-refractivity contribution >= 4 is 18.4 Å². The molecular formula is C28H35ClN4O3. The number of nitrogens with zero attached hydrogens (tertiary/aromatic N) is 4. The molecule has 1 aliphatic carbocycles. The molecule has 0 atom stereocenters. The van der Waals surface area contributed by atoms with E-state index in [0.29, 0.717) is 18.2 Å². The summed E-state index contributed by atoms with van der Waals surface area (Å²) in [4.78, 5) is 27.2. The van der Waals surface area contributed by atoms with Crippen molar-refractivity contribution in [2.75, 3.05) is 20.1 Å². The molecule has 1 fully saturated rings. The van der Waals surface area contributed by atoms with E-state index in [1.54, 1.807) is 4.68 Å². The number of hydrogen-bond donors (Lipinski definition) is 1. The van der Waals surface area contributed by atoms with Crippen molar-refractivity contribution in [3.8, 4) is 17.1 Å². The lowest BCUT2D eigenvalue weighted by Crippen LogP contribution is -2.30. The molecule has 2 aromatic carbocycles. The van der Waals surface area contributed by atoms with Crippen molar-refractivity contribution < 1.29 is 9.90 Å². The molecule has 1 aliphatic heterocycles. The van der Waals surface area contributed by atoms with Crippen LogP contribution < -0.4 is 5.69 Å². The van der Waals surface area contributed by atoms with Crippen LogP contribution in [0.4, 0.5) is 0 Å². The number of likely N-dealkylation sites (N-methyl/N-ethyl adjacent to an activating group) is 1. The third-order valence-corrected chi connectivity index (χ3v) is 7.75. The number of rotatable bonds is 6. The average molecular weight is 511 g/mol. The first-order valence-corrected chi connectivity index (χ1v) is 12.8. The molecule has 2 heterocycles. The summed E-state index contributed by atoms with van der Waals surface area (Å²) in [6.45, 7) is 2.06. The van der Waals surface area contributed by atoms with Crippen molar-refractivity contribution in [2.45, 2.75) is 57.4 Å². The molecule has 1 N–H and O–H groups in total. The summed E-state index contributed by atoms with van der Waals surface area (Å²) in [5, 5.41) is 13.9. The Morgan fingerprint density at radius 2 is 1.69 bits per heavy atom. The second kappa shape index (κ2) is 11.4. The maximum Gasteiger partial charge on any atom is 0.351 e. The topological polar surface area (TPSA) is 80.4 Å². The predicted octanol–water partition coefficient (Wildman–Crippen LogP) is 4.75. The molecule has 5 rings (SSSR count). The summed E-state index contributed by atoms with van der Waals surface area (Å²) < 4.78 is 3.47. The fraction of sp³-hybridized carbons (Fsp3) is 0.464. The van der Waals surface area contributed by atoms with Crippen LogP contribution >= 0.6 is 12.4 Å². The Balaban J connectivity index is 0.00000304. The summed E-state index contributed by atoms with van der Waals surface area (Å²) in [5.41, 5.74) is 4.32. The molecule has 3 aromatic rings. The van der Waals surface area contributed by atoms with Crippen LogP contribution in [0.5, 0.6) is 0 Å². The van der Waals surface area contributed by atoms with Gasteiger partial charge in [0.25, 0.3) is 0 Å². The number of carbonyl (C=O) groups is 1. The predicted molar refractivity (Wildman–Crippen MR) is 143 cm³/mol. The standard InChI is InChI=1S/C28H34N4O3.ClH/c1-30-17-15-21-10-13-25(19-23(21)16-18-30)32-28(35)31(27(29-32)22-5-3-2-4-6-22)24-11-7-20(8-12-24)9-14-26(33)34;/h2-6,10,13,19-20,24H,7-9,11-12,14-18H2,1H3,(H,33,34);1H/t20-,24-;. The quantitative estimate of drug-likeness (QED) is 0.517. The minimum absolute atomic E-state index is 0. The minimum Gasteiger partial charge on any atom is -0.481 e. The van der Waals surface area contributed by atoms with E-state index in [2.05, 4.69) is 24.1 Å². The van der Waals surface area contributed by atoms with Crippen LogP contribution in [0.15, 0.2) is 53.3 Å². The Morgan fingerprint density at radius 1 is 1.00 bits per heavy atom. The average Bonchev–Trinajstić information content (AvgIpc) is 3.11. The van der Waals surface area contributed by atoms with Crippen molar-refractivity contribution in [1.82, 2.24) is 19.2 Å². The zero-order valence-corrected chi connectivity index (χ0v) is 21.6. The van der Waals surface area contributed by atoms with Crippen molar-refractivity contribution in [1.29, 1.82) is 0 Å². The van der Waals surface area contributed by atoms with Crippen molar-refractivity contribution in [2.24, 2.45) is 5.92 Å². The third kappa shape index (κ3) is 5.57. The van der Waals surface area contributed by atoms with Gasteiger partial charge in [-0.2, -0.15) is 4.68 Å². The first-order valence-electron chi connectivity index (χ1n) is 12.8. The summed E-state index contributed by atoms with van der Waals surface area (Å²) in [6, 6.07) is 16.3. The van der Waals surface area contributed by atoms with Gasteiger partial charge in [-0.05, 0) is 81.2 Å². The number of aromatic nitrogens is 3. The Hall–Kier alpha value is -2.90. The summed E-state index contributed by atoms with van der Waals surface area (Å²) in [5.74, 6) is 0.388. The number of fused-ring (bicyclic) bond motifs is 1. The largest absolute Gasteiger partial charge is 0.481 e. The van der Waals surface area contributed by atoms with Gasteiger partial charge < -0.3 is 10.0 Å². The zero-order valence-electron chi connectivity index (χ0n) is 20.8. The lowest BCUT2D eigenvalue weighted by Gasteiger charge is -2.29. The molecule has 0 radical (unpaired) electrons. The molecule has 0 unspecified atom stereocenters. The Labute approximate surface area is 218 Å². The van der Waals surface area contributed by atoms with E-state index in [-0.39, 0.29) is 30.6 Å². The van der Waals surface area contributed by atoms with E-state index in [9.17, 15) is 9.59 Å². The van der Waals surface area contributed by atoms with E-state index in [4.69, 9.17) is 10.2 Å². The first kappa shape index (κ1) is 26.2. The number of benzene rings is 2. The highest BCUT2D eigenvalue weighted by Crippen LogP contribution is 2.36. The van der Waals surface area contributed by atoms with Crippen LogP contribution in [0.25, 0.3) is 17.1 Å². The Bertz CT molecular complexity index is 1250. The maximum atomic E-state index is 13.8. The molecule has 0 spiro atoms. The fourth-order valence-corrected chi connectivity index (χ4v) is 5.63. The molecule has 8 heteroatoms. The monoisotopic (exact) mass is 510 g/mol. The smallest absolute Gasteiger partial charge is 0.351 e. The van der Waals surface area contributed by atoms with Gasteiger partial charge in [0.05, 0.1) is 5.69 Å². The van der Waals surface area contributed by atoms with E-state index in [0.717, 1.165) is 62.9 Å². The van der Waals surface area contributed by atoms with Gasteiger partial charge in [-0.3, -0.25) is 9.36 Å². The number of aliphatic carboxylic acids is 1. The second-order valence-corrected chi connectivity index (χ2v) is 10.1. The summed E-state index contributed by atoms with van der Waals surface area (Å²) in [7, 11) is 2.15. The SMILES string of the molecule is CN1CCc2ccc(-n3nc(-c4ccccc4)n([C@H]4CC[C@H](CCC(=O)O)CC4)c3=O)cc2CC1.Cl. The second-order valence-electron chi connectivity index (χ2n) is 10.1. The van der Waals surface area contributed by atoms with E-state index >= 15 is 0 Å². The Morgan fingerprint density at radius 3 is 2.39 bits per heavy atom. The highest BCUT2D eigenvalue weighted by Gasteiger charge is 2.28. The highest BCUT2D eigenvalue weighted by atomic mass is 35.5. The Kier molecular flexibility index (Phi) is 8.32. The van der Waals surface area contributed by atoms with Crippen molar-refractivity contribution in [3.63, 3.8) is 0 Å². The van der Waals surface area contributed by atoms with E-state index in [1.165, 1.54) is 11.1 Å². The third-order valence-electron chi connectivity index (χ3n) is 7.75. The summed E-state index contributed by atoms with van der Waals surface area (Å²) in [6.07, 6.45) is 6.55. The minimum atomic E-state index is -0.733. The van der Waals surface area contributed by atoms with Gasteiger partial charge >= 0.3 is 11.7 Å². The molecule has 0 bridgehead atoms.